The minimum Gasteiger partial charge on any atom is -0.102 e. The van der Waals surface area contributed by atoms with Gasteiger partial charge in [0.25, 0.3) is 0 Å². The first-order valence-corrected chi connectivity index (χ1v) is 5.32. The highest BCUT2D eigenvalue weighted by Crippen LogP contribution is 2.28. The van der Waals surface area contributed by atoms with Gasteiger partial charge in [-0.05, 0) is 29.5 Å². The molecule has 0 saturated carbocycles. The molecule has 0 heterocycles. The molecular formula is C15H19. The van der Waals surface area contributed by atoms with Crippen molar-refractivity contribution in [3.8, 4) is 0 Å². The molecule has 1 aromatic carbocycles. The summed E-state index contributed by atoms with van der Waals surface area (Å²) in [5, 5.41) is 0. The molecule has 15 heavy (non-hydrogen) atoms. The van der Waals surface area contributed by atoms with Gasteiger partial charge < -0.3 is 0 Å². The summed E-state index contributed by atoms with van der Waals surface area (Å²) in [7, 11) is 0. The first-order chi connectivity index (χ1) is 7.11. The highest BCUT2D eigenvalue weighted by atomic mass is 14.2. The van der Waals surface area contributed by atoms with Gasteiger partial charge >= 0.3 is 0 Å². The zero-order chi connectivity index (χ0) is 11.4. The Morgan fingerprint density at radius 1 is 1.13 bits per heavy atom. The first-order valence-electron chi connectivity index (χ1n) is 5.32. The van der Waals surface area contributed by atoms with E-state index in [-0.39, 0.29) is 5.92 Å². The maximum absolute atomic E-state index is 4.07. The third kappa shape index (κ3) is 2.38. The summed E-state index contributed by atoms with van der Waals surface area (Å²) < 4.78 is 0. The Morgan fingerprint density at radius 3 is 2.20 bits per heavy atom. The van der Waals surface area contributed by atoms with Crippen molar-refractivity contribution < 1.29 is 0 Å². The first kappa shape index (κ1) is 11.8. The fraction of sp³-hybridized carbons (Fsp3) is 0.267. The summed E-state index contributed by atoms with van der Waals surface area (Å²) in [6, 6.07) is 6.34. The Labute approximate surface area is 93.3 Å². The molecule has 0 nitrogen and oxygen atoms in total. The minimum absolute atomic E-state index is 0.136. The van der Waals surface area contributed by atoms with Gasteiger partial charge in [0.1, 0.15) is 0 Å². The molecule has 1 atom stereocenters. The number of hydrogen-bond acceptors (Lipinski definition) is 0. The Kier molecular flexibility index (Phi) is 3.90. The summed E-state index contributed by atoms with van der Waals surface area (Å²) >= 11 is 0. The second-order valence-electron chi connectivity index (χ2n) is 4.05. The molecule has 1 rings (SSSR count). The van der Waals surface area contributed by atoms with Crippen molar-refractivity contribution in [2.75, 3.05) is 0 Å². The highest BCUT2D eigenvalue weighted by molar-refractivity contribution is 5.59. The molecule has 0 bridgehead atoms. The summed E-state index contributed by atoms with van der Waals surface area (Å²) in [5.74, 6) is 0.645. The monoisotopic (exact) mass is 199 g/mol. The highest BCUT2D eigenvalue weighted by Gasteiger charge is 2.11. The van der Waals surface area contributed by atoms with Crippen LogP contribution in [0.3, 0.4) is 0 Å². The number of benzene rings is 1. The van der Waals surface area contributed by atoms with Gasteiger partial charge in [0.05, 0.1) is 0 Å². The van der Waals surface area contributed by atoms with Gasteiger partial charge in [-0.1, -0.05) is 50.8 Å². The van der Waals surface area contributed by atoms with E-state index < -0.39 is 0 Å². The van der Waals surface area contributed by atoms with Crippen molar-refractivity contribution in [2.45, 2.75) is 25.7 Å². The predicted molar refractivity (Wildman–Crippen MR) is 68.9 cm³/mol. The lowest BCUT2D eigenvalue weighted by molar-refractivity contribution is 0.857. The molecule has 0 aliphatic rings. The lowest BCUT2D eigenvalue weighted by atomic mass is 9.88. The zero-order valence-corrected chi connectivity index (χ0v) is 9.66. The topological polar surface area (TPSA) is 0 Å². The molecule has 0 saturated heterocycles. The average Bonchev–Trinajstić information content (AvgIpc) is 2.26. The van der Waals surface area contributed by atoms with E-state index in [2.05, 4.69) is 52.1 Å². The molecule has 1 unspecified atom stereocenters. The summed E-state index contributed by atoms with van der Waals surface area (Å²) in [4.78, 5) is 0. The van der Waals surface area contributed by atoms with Gasteiger partial charge in [-0.3, -0.25) is 0 Å². The van der Waals surface area contributed by atoms with E-state index in [4.69, 9.17) is 0 Å². The van der Waals surface area contributed by atoms with Crippen molar-refractivity contribution in [1.29, 1.82) is 0 Å². The van der Waals surface area contributed by atoms with Crippen molar-refractivity contribution in [3.05, 3.63) is 61.0 Å². The van der Waals surface area contributed by atoms with E-state index in [1.807, 2.05) is 12.2 Å². The Balaban J connectivity index is 3.34. The van der Waals surface area contributed by atoms with Gasteiger partial charge in [0.2, 0.25) is 0 Å². The quantitative estimate of drug-likeness (QED) is 0.624. The molecule has 1 aromatic rings. The van der Waals surface area contributed by atoms with E-state index in [0.29, 0.717) is 5.92 Å². The average molecular weight is 199 g/mol. The van der Waals surface area contributed by atoms with Gasteiger partial charge in [0.15, 0.2) is 0 Å². The standard InChI is InChI=1S/C15H19/c1-6-12(5)15-10-8-9-14(11(3)4)13(15)7-2/h6-12H,1-2,5H2,3-4H3. The second kappa shape index (κ2) is 4.97. The molecule has 1 radical (unpaired) electrons. The predicted octanol–water partition coefficient (Wildman–Crippen LogP) is 4.56. The fourth-order valence-electron chi connectivity index (χ4n) is 1.79. The Morgan fingerprint density at radius 2 is 1.73 bits per heavy atom. The van der Waals surface area contributed by atoms with E-state index in [1.165, 1.54) is 16.7 Å². The van der Waals surface area contributed by atoms with Crippen molar-refractivity contribution >= 4 is 6.08 Å². The van der Waals surface area contributed by atoms with E-state index in [1.54, 1.807) is 0 Å². The minimum atomic E-state index is 0.136. The normalized spacial score (nSPS) is 12.5. The molecular weight excluding hydrogens is 180 g/mol. The van der Waals surface area contributed by atoms with Gasteiger partial charge in [-0.2, -0.15) is 0 Å². The molecule has 0 spiro atoms. The van der Waals surface area contributed by atoms with Crippen LogP contribution in [0.1, 0.15) is 42.4 Å². The Bertz CT molecular complexity index is 358. The molecule has 0 aromatic heterocycles. The van der Waals surface area contributed by atoms with Crippen LogP contribution >= 0.6 is 0 Å². The van der Waals surface area contributed by atoms with Crippen LogP contribution in [0.5, 0.6) is 0 Å². The fourth-order valence-corrected chi connectivity index (χ4v) is 1.79. The van der Waals surface area contributed by atoms with Crippen LogP contribution in [0, 0.1) is 6.92 Å². The molecule has 0 N–H and O–H groups in total. The van der Waals surface area contributed by atoms with Crippen LogP contribution < -0.4 is 0 Å². The Hall–Kier alpha value is -1.30. The van der Waals surface area contributed by atoms with Crippen LogP contribution in [-0.4, -0.2) is 0 Å². The summed E-state index contributed by atoms with van der Waals surface area (Å²) in [6.07, 6.45) is 3.79. The molecule has 0 aliphatic carbocycles. The zero-order valence-electron chi connectivity index (χ0n) is 9.66. The van der Waals surface area contributed by atoms with Crippen LogP contribution in [0.2, 0.25) is 0 Å². The van der Waals surface area contributed by atoms with Gasteiger partial charge in [0, 0.05) is 5.92 Å². The molecule has 0 aliphatic heterocycles. The number of hydrogen-bond donors (Lipinski definition) is 0. The smallest absolute Gasteiger partial charge is 0.00216 e. The largest absolute Gasteiger partial charge is 0.102 e. The maximum atomic E-state index is 4.07. The summed E-state index contributed by atoms with van der Waals surface area (Å²) in [5.41, 5.74) is 3.76. The maximum Gasteiger partial charge on any atom is 0.00216 e. The van der Waals surface area contributed by atoms with Crippen LogP contribution in [0.15, 0.2) is 37.4 Å². The van der Waals surface area contributed by atoms with Crippen LogP contribution in [-0.2, 0) is 0 Å². The van der Waals surface area contributed by atoms with Crippen LogP contribution in [0.25, 0.3) is 6.08 Å². The van der Waals surface area contributed by atoms with Crippen molar-refractivity contribution in [3.63, 3.8) is 0 Å². The SMILES string of the molecule is [CH2]C(C=C)c1cccc(C(C)C)c1C=C. The van der Waals surface area contributed by atoms with Crippen molar-refractivity contribution in [2.24, 2.45) is 0 Å². The van der Waals surface area contributed by atoms with Crippen molar-refractivity contribution in [1.82, 2.24) is 0 Å². The number of rotatable bonds is 4. The third-order valence-electron chi connectivity index (χ3n) is 2.68. The molecule has 0 amide bonds. The van der Waals surface area contributed by atoms with E-state index >= 15 is 0 Å². The van der Waals surface area contributed by atoms with E-state index in [9.17, 15) is 0 Å². The molecule has 0 heteroatoms. The third-order valence-corrected chi connectivity index (χ3v) is 2.68. The summed E-state index contributed by atoms with van der Waals surface area (Å²) in [6.45, 7) is 16.1. The lowest BCUT2D eigenvalue weighted by Crippen LogP contribution is -1.99. The number of allylic oxidation sites excluding steroid dienone is 1. The second-order valence-corrected chi connectivity index (χ2v) is 4.05. The van der Waals surface area contributed by atoms with E-state index in [0.717, 1.165) is 0 Å². The van der Waals surface area contributed by atoms with Gasteiger partial charge in [-0.25, -0.2) is 0 Å². The molecule has 0 fully saturated rings. The van der Waals surface area contributed by atoms with Crippen LogP contribution in [0.4, 0.5) is 0 Å². The van der Waals surface area contributed by atoms with Gasteiger partial charge in [-0.15, -0.1) is 6.58 Å². The lowest BCUT2D eigenvalue weighted by Gasteiger charge is -2.17. The molecule has 79 valence electrons.